The van der Waals surface area contributed by atoms with E-state index in [0.717, 1.165) is 4.88 Å². The average Bonchev–Trinajstić information content (AvgIpc) is 3.21. The van der Waals surface area contributed by atoms with Gasteiger partial charge in [0, 0.05) is 17.5 Å². The van der Waals surface area contributed by atoms with E-state index in [1.54, 1.807) is 39.8 Å². The molecule has 1 amide bonds. The number of thiophene rings is 1. The number of aromatic nitrogens is 1. The summed E-state index contributed by atoms with van der Waals surface area (Å²) in [6.07, 6.45) is -0.287. The number of ether oxygens (including phenoxy) is 2. The first-order valence-corrected chi connectivity index (χ1v) is 9.85. The van der Waals surface area contributed by atoms with Crippen LogP contribution in [-0.2, 0) is 20.8 Å². The van der Waals surface area contributed by atoms with E-state index >= 15 is 0 Å². The molecular formula is C20H24N2O6S. The first-order chi connectivity index (χ1) is 13.6. The van der Waals surface area contributed by atoms with Crippen molar-refractivity contribution in [2.75, 3.05) is 6.61 Å². The van der Waals surface area contributed by atoms with Crippen molar-refractivity contribution in [3.63, 3.8) is 0 Å². The van der Waals surface area contributed by atoms with E-state index in [1.165, 1.54) is 18.3 Å². The third-order valence-electron chi connectivity index (χ3n) is 3.97. The maximum atomic E-state index is 12.4. The molecule has 0 bridgehead atoms. The summed E-state index contributed by atoms with van der Waals surface area (Å²) in [7, 11) is 0. The quantitative estimate of drug-likeness (QED) is 0.501. The molecule has 9 heteroatoms. The van der Waals surface area contributed by atoms with Crippen LogP contribution in [0.4, 0.5) is 0 Å². The van der Waals surface area contributed by atoms with Gasteiger partial charge in [0.15, 0.2) is 6.61 Å². The number of nitrogens with one attached hydrogen (secondary N) is 2. The van der Waals surface area contributed by atoms with Crippen molar-refractivity contribution in [2.45, 2.75) is 47.3 Å². The van der Waals surface area contributed by atoms with Gasteiger partial charge in [-0.2, -0.15) is 0 Å². The van der Waals surface area contributed by atoms with Crippen molar-refractivity contribution in [2.24, 2.45) is 0 Å². The Morgan fingerprint density at radius 3 is 2.45 bits per heavy atom. The number of amides is 1. The summed E-state index contributed by atoms with van der Waals surface area (Å²) in [5.74, 6) is -1.75. The molecule has 0 atom stereocenters. The average molecular weight is 420 g/mol. The molecule has 2 rings (SSSR count). The first-order valence-electron chi connectivity index (χ1n) is 9.03. The van der Waals surface area contributed by atoms with Gasteiger partial charge in [-0.3, -0.25) is 9.59 Å². The lowest BCUT2D eigenvalue weighted by Crippen LogP contribution is -2.18. The van der Waals surface area contributed by atoms with Crippen LogP contribution in [0.5, 0.6) is 0 Å². The number of carbonyl (C=O) groups excluding carboxylic acids is 4. The second-order valence-electron chi connectivity index (χ2n) is 6.75. The number of aromatic amines is 1. The zero-order valence-electron chi connectivity index (χ0n) is 17.0. The van der Waals surface area contributed by atoms with E-state index in [1.807, 2.05) is 0 Å². The fourth-order valence-corrected chi connectivity index (χ4v) is 3.51. The maximum Gasteiger partial charge on any atom is 0.355 e. The van der Waals surface area contributed by atoms with E-state index in [2.05, 4.69) is 10.3 Å². The normalized spacial score (nSPS) is 10.7. The number of ketones is 1. The number of Topliss-reactive ketones (excluding diaryl/α,β-unsaturated/α-hetero) is 1. The SMILES string of the molecule is CC(=O)NCc1ccc(C(=O)COC(=O)c2[nH]c(C)c(C(=O)OC(C)C)c2C)s1. The molecule has 2 N–H and O–H groups in total. The van der Waals surface area contributed by atoms with E-state index in [-0.39, 0.29) is 29.1 Å². The summed E-state index contributed by atoms with van der Waals surface area (Å²) in [6.45, 7) is 8.08. The highest BCUT2D eigenvalue weighted by molar-refractivity contribution is 7.14. The van der Waals surface area contributed by atoms with Crippen LogP contribution >= 0.6 is 11.3 Å². The zero-order chi connectivity index (χ0) is 21.7. The van der Waals surface area contributed by atoms with Crippen LogP contribution in [0.15, 0.2) is 12.1 Å². The number of hydrogen-bond donors (Lipinski definition) is 2. The van der Waals surface area contributed by atoms with Gasteiger partial charge in [-0.25, -0.2) is 9.59 Å². The van der Waals surface area contributed by atoms with Crippen LogP contribution < -0.4 is 5.32 Å². The Bertz CT molecular complexity index is 941. The van der Waals surface area contributed by atoms with E-state index in [4.69, 9.17) is 9.47 Å². The topological polar surface area (TPSA) is 115 Å². The highest BCUT2D eigenvalue weighted by Crippen LogP contribution is 2.21. The molecular weight excluding hydrogens is 396 g/mol. The predicted octanol–water partition coefficient (Wildman–Crippen LogP) is 2.93. The Hall–Kier alpha value is -2.94. The second kappa shape index (κ2) is 9.51. The summed E-state index contributed by atoms with van der Waals surface area (Å²) in [4.78, 5) is 51.9. The van der Waals surface area contributed by atoms with Crippen molar-refractivity contribution in [3.05, 3.63) is 44.4 Å². The summed E-state index contributed by atoms with van der Waals surface area (Å²) in [5, 5.41) is 2.65. The summed E-state index contributed by atoms with van der Waals surface area (Å²) in [5.41, 5.74) is 1.31. The molecule has 2 heterocycles. The summed E-state index contributed by atoms with van der Waals surface area (Å²) < 4.78 is 10.3. The van der Waals surface area contributed by atoms with Crippen LogP contribution in [-0.4, -0.2) is 41.3 Å². The summed E-state index contributed by atoms with van der Waals surface area (Å²) >= 11 is 1.23. The van der Waals surface area contributed by atoms with Crippen molar-refractivity contribution < 1.29 is 28.7 Å². The van der Waals surface area contributed by atoms with Gasteiger partial charge in [0.1, 0.15) is 5.69 Å². The van der Waals surface area contributed by atoms with E-state index < -0.39 is 18.5 Å². The lowest BCUT2D eigenvalue weighted by molar-refractivity contribution is -0.119. The van der Waals surface area contributed by atoms with Gasteiger partial charge in [-0.15, -0.1) is 11.3 Å². The van der Waals surface area contributed by atoms with Crippen molar-refractivity contribution in [3.8, 4) is 0 Å². The van der Waals surface area contributed by atoms with E-state index in [0.29, 0.717) is 22.7 Å². The molecule has 0 spiro atoms. The van der Waals surface area contributed by atoms with Gasteiger partial charge in [0.2, 0.25) is 11.7 Å². The molecule has 0 saturated heterocycles. The smallest absolute Gasteiger partial charge is 0.355 e. The predicted molar refractivity (Wildman–Crippen MR) is 107 cm³/mol. The molecule has 29 heavy (non-hydrogen) atoms. The Balaban J connectivity index is 2.01. The maximum absolute atomic E-state index is 12.4. The van der Waals surface area contributed by atoms with Crippen molar-refractivity contribution >= 4 is 35.0 Å². The Morgan fingerprint density at radius 1 is 1.14 bits per heavy atom. The number of H-pyrrole nitrogens is 1. The number of aryl methyl sites for hydroxylation is 1. The monoisotopic (exact) mass is 420 g/mol. The number of rotatable bonds is 8. The first kappa shape index (κ1) is 22.4. The van der Waals surface area contributed by atoms with Crippen LogP contribution in [0.2, 0.25) is 0 Å². The molecule has 2 aromatic rings. The van der Waals surface area contributed by atoms with Gasteiger partial charge in [0.25, 0.3) is 0 Å². The fourth-order valence-electron chi connectivity index (χ4n) is 2.64. The molecule has 0 saturated carbocycles. The lowest BCUT2D eigenvalue weighted by atomic mass is 10.1. The minimum absolute atomic E-state index is 0.114. The van der Waals surface area contributed by atoms with Gasteiger partial charge in [-0.05, 0) is 45.4 Å². The minimum Gasteiger partial charge on any atom is -0.459 e. The number of carbonyl (C=O) groups is 4. The van der Waals surface area contributed by atoms with Gasteiger partial charge in [0.05, 0.1) is 23.1 Å². The Labute approximate surface area is 172 Å². The molecule has 0 unspecified atom stereocenters. The Morgan fingerprint density at radius 2 is 1.83 bits per heavy atom. The van der Waals surface area contributed by atoms with Crippen LogP contribution in [0.3, 0.4) is 0 Å². The molecule has 0 aliphatic carbocycles. The third kappa shape index (κ3) is 5.77. The standard InChI is InChI=1S/C20H24N2O6S/c1-10(2)28-19(25)17-11(3)18(22-12(17)4)20(26)27-9-15(24)16-7-6-14(29-16)8-21-13(5)23/h6-7,10,22H,8-9H2,1-5H3,(H,21,23). The summed E-state index contributed by atoms with van der Waals surface area (Å²) in [6, 6.07) is 3.36. The zero-order valence-corrected chi connectivity index (χ0v) is 17.8. The largest absolute Gasteiger partial charge is 0.459 e. The number of hydrogen-bond acceptors (Lipinski definition) is 7. The third-order valence-corrected chi connectivity index (χ3v) is 5.10. The van der Waals surface area contributed by atoms with Crippen LogP contribution in [0.1, 0.15) is 67.4 Å². The van der Waals surface area contributed by atoms with Crippen molar-refractivity contribution in [1.29, 1.82) is 0 Å². The molecule has 8 nitrogen and oxygen atoms in total. The number of esters is 2. The molecule has 156 valence electrons. The van der Waals surface area contributed by atoms with Gasteiger partial charge < -0.3 is 19.8 Å². The second-order valence-corrected chi connectivity index (χ2v) is 7.92. The molecule has 2 aromatic heterocycles. The molecule has 0 aromatic carbocycles. The Kier molecular flexibility index (Phi) is 7.33. The molecule has 0 aliphatic rings. The van der Waals surface area contributed by atoms with Gasteiger partial charge in [-0.1, -0.05) is 0 Å². The minimum atomic E-state index is -0.724. The molecule has 0 fully saturated rings. The van der Waals surface area contributed by atoms with Crippen molar-refractivity contribution in [1.82, 2.24) is 10.3 Å². The highest BCUT2D eigenvalue weighted by Gasteiger charge is 2.25. The molecule has 0 radical (unpaired) electrons. The fraction of sp³-hybridized carbons (Fsp3) is 0.400. The molecule has 0 aliphatic heterocycles. The van der Waals surface area contributed by atoms with Crippen LogP contribution in [0.25, 0.3) is 0 Å². The van der Waals surface area contributed by atoms with Crippen LogP contribution in [0, 0.1) is 13.8 Å². The van der Waals surface area contributed by atoms with E-state index in [9.17, 15) is 19.2 Å². The van der Waals surface area contributed by atoms with Gasteiger partial charge >= 0.3 is 11.9 Å². The highest BCUT2D eigenvalue weighted by atomic mass is 32.1. The lowest BCUT2D eigenvalue weighted by Gasteiger charge is -2.08.